The Kier molecular flexibility index (Phi) is 3.42. The Morgan fingerprint density at radius 2 is 2.05 bits per heavy atom. The maximum atomic E-state index is 13.4. The lowest BCUT2D eigenvalue weighted by atomic mass is 10.0. The average molecular weight is 299 g/mol. The molecule has 3 rings (SSSR count). The fourth-order valence-electron chi connectivity index (χ4n) is 2.21. The molecule has 0 fully saturated rings. The molecule has 0 bridgehead atoms. The largest absolute Gasteiger partial charge is 0.366 e. The highest BCUT2D eigenvalue weighted by Crippen LogP contribution is 2.24. The highest BCUT2D eigenvalue weighted by molar-refractivity contribution is 6.24. The van der Waals surface area contributed by atoms with E-state index in [4.69, 9.17) is 5.73 Å². The van der Waals surface area contributed by atoms with Gasteiger partial charge in [0.2, 0.25) is 5.91 Å². The van der Waals surface area contributed by atoms with E-state index in [-0.39, 0.29) is 11.1 Å². The number of H-pyrrole nitrogens is 1. The zero-order chi connectivity index (χ0) is 15.7. The summed E-state index contributed by atoms with van der Waals surface area (Å²) in [5.74, 6) is -2.75. The maximum Gasteiger partial charge on any atom is 0.249 e. The van der Waals surface area contributed by atoms with Gasteiger partial charge in [-0.2, -0.15) is 0 Å². The number of nitrogens with two attached hydrogens (primary N) is 1. The Bertz CT molecular complexity index is 899. The topological polar surface area (TPSA) is 71.8 Å². The molecule has 0 aliphatic heterocycles. The lowest BCUT2D eigenvalue weighted by molar-refractivity contribution is -0.112. The molecule has 22 heavy (non-hydrogen) atoms. The van der Waals surface area contributed by atoms with Crippen LogP contribution in [0.1, 0.15) is 11.1 Å². The summed E-state index contributed by atoms with van der Waals surface area (Å²) in [5, 5.41) is 0.795. The van der Waals surface area contributed by atoms with Crippen LogP contribution in [0.4, 0.5) is 8.78 Å². The molecule has 2 aromatic heterocycles. The van der Waals surface area contributed by atoms with Gasteiger partial charge in [-0.25, -0.2) is 13.8 Å². The number of nitrogens with zero attached hydrogens (tertiary/aromatic N) is 1. The summed E-state index contributed by atoms with van der Waals surface area (Å²) in [7, 11) is 0. The SMILES string of the molecule is NC(=O)C(=Cc1c[nH]c2ncccc12)c1ccc(F)c(F)c1. The number of aromatic nitrogens is 2. The molecule has 4 nitrogen and oxygen atoms in total. The molecule has 0 radical (unpaired) electrons. The molecular weight excluding hydrogens is 288 g/mol. The van der Waals surface area contributed by atoms with Crippen molar-refractivity contribution in [3.05, 3.63) is 65.5 Å². The fourth-order valence-corrected chi connectivity index (χ4v) is 2.21. The van der Waals surface area contributed by atoms with Crippen LogP contribution in [0.2, 0.25) is 0 Å². The molecule has 0 aliphatic carbocycles. The number of aromatic amines is 1. The quantitative estimate of drug-likeness (QED) is 0.730. The highest BCUT2D eigenvalue weighted by atomic mass is 19.2. The summed E-state index contributed by atoms with van der Waals surface area (Å²) >= 11 is 0. The second-order valence-electron chi connectivity index (χ2n) is 4.69. The number of carbonyl (C=O) groups excluding carboxylic acids is 1. The zero-order valence-electron chi connectivity index (χ0n) is 11.3. The van der Waals surface area contributed by atoms with Crippen molar-refractivity contribution in [3.63, 3.8) is 0 Å². The number of primary amides is 1. The van der Waals surface area contributed by atoms with Gasteiger partial charge in [0.05, 0.1) is 0 Å². The van der Waals surface area contributed by atoms with Gasteiger partial charge in [-0.05, 0) is 35.9 Å². The third-order valence-corrected chi connectivity index (χ3v) is 3.28. The Labute approximate surface area is 124 Å². The number of carbonyl (C=O) groups is 1. The molecule has 3 aromatic rings. The third kappa shape index (κ3) is 2.46. The minimum Gasteiger partial charge on any atom is -0.366 e. The first-order valence-electron chi connectivity index (χ1n) is 6.45. The van der Waals surface area contributed by atoms with Crippen LogP contribution >= 0.6 is 0 Å². The highest BCUT2D eigenvalue weighted by Gasteiger charge is 2.13. The van der Waals surface area contributed by atoms with Gasteiger partial charge in [-0.3, -0.25) is 4.79 Å². The van der Waals surface area contributed by atoms with Crippen LogP contribution in [0.15, 0.2) is 42.7 Å². The molecule has 1 amide bonds. The molecular formula is C16H11F2N3O. The molecule has 2 heterocycles. The van der Waals surface area contributed by atoms with Gasteiger partial charge in [0.25, 0.3) is 0 Å². The summed E-state index contributed by atoms with van der Waals surface area (Å²) in [6.45, 7) is 0. The minimum absolute atomic E-state index is 0.0867. The van der Waals surface area contributed by atoms with Crippen molar-refractivity contribution < 1.29 is 13.6 Å². The standard InChI is InChI=1S/C16H11F2N3O/c17-13-4-3-9(7-14(13)18)12(15(19)22)6-10-8-21-16-11(10)2-1-5-20-16/h1-8H,(H2,19,22)(H,20,21). The van der Waals surface area contributed by atoms with Crippen LogP contribution in [0.3, 0.4) is 0 Å². The molecule has 110 valence electrons. The van der Waals surface area contributed by atoms with Crippen molar-refractivity contribution in [2.24, 2.45) is 5.73 Å². The smallest absolute Gasteiger partial charge is 0.249 e. The fraction of sp³-hybridized carbons (Fsp3) is 0. The predicted octanol–water partition coefficient (Wildman–Crippen LogP) is 2.87. The van der Waals surface area contributed by atoms with Gasteiger partial charge in [-0.1, -0.05) is 6.07 Å². The van der Waals surface area contributed by atoms with Crippen LogP contribution in [0, 0.1) is 11.6 Å². The van der Waals surface area contributed by atoms with Crippen LogP contribution in [-0.2, 0) is 4.79 Å². The first kappa shape index (κ1) is 13.9. The number of amides is 1. The average Bonchev–Trinajstić information content (AvgIpc) is 2.91. The number of halogens is 2. The molecule has 0 saturated heterocycles. The van der Waals surface area contributed by atoms with Gasteiger partial charge in [-0.15, -0.1) is 0 Å². The van der Waals surface area contributed by atoms with E-state index in [0.717, 1.165) is 17.5 Å². The first-order valence-corrected chi connectivity index (χ1v) is 6.45. The maximum absolute atomic E-state index is 13.4. The second kappa shape index (κ2) is 5.40. The minimum atomic E-state index is -1.04. The normalized spacial score (nSPS) is 11.8. The van der Waals surface area contributed by atoms with Crippen LogP contribution < -0.4 is 5.73 Å². The van der Waals surface area contributed by atoms with Crippen molar-refractivity contribution in [1.29, 1.82) is 0 Å². The Hall–Kier alpha value is -3.02. The number of benzene rings is 1. The van der Waals surface area contributed by atoms with Gasteiger partial charge in [0, 0.05) is 28.9 Å². The van der Waals surface area contributed by atoms with E-state index in [2.05, 4.69) is 9.97 Å². The lowest BCUT2D eigenvalue weighted by Crippen LogP contribution is -2.13. The van der Waals surface area contributed by atoms with E-state index in [1.165, 1.54) is 12.1 Å². The van der Waals surface area contributed by atoms with Crippen molar-refractivity contribution in [2.45, 2.75) is 0 Å². The predicted molar refractivity (Wildman–Crippen MR) is 79.5 cm³/mol. The molecule has 0 saturated carbocycles. The Balaban J connectivity index is 2.15. The van der Waals surface area contributed by atoms with E-state index in [1.54, 1.807) is 18.5 Å². The molecule has 6 heteroatoms. The molecule has 0 aliphatic rings. The molecule has 0 atom stereocenters. The summed E-state index contributed by atoms with van der Waals surface area (Å²) in [6, 6.07) is 6.79. The van der Waals surface area contributed by atoms with E-state index in [9.17, 15) is 13.6 Å². The monoisotopic (exact) mass is 299 g/mol. The van der Waals surface area contributed by atoms with Gasteiger partial charge >= 0.3 is 0 Å². The summed E-state index contributed by atoms with van der Waals surface area (Å²) in [4.78, 5) is 18.8. The third-order valence-electron chi connectivity index (χ3n) is 3.28. The lowest BCUT2D eigenvalue weighted by Gasteiger charge is -2.04. The summed E-state index contributed by atoms with van der Waals surface area (Å²) in [5.41, 5.74) is 7.01. The van der Waals surface area contributed by atoms with Crippen molar-refractivity contribution in [1.82, 2.24) is 9.97 Å². The summed E-state index contributed by atoms with van der Waals surface area (Å²) in [6.07, 6.45) is 4.83. The Morgan fingerprint density at radius 3 is 2.77 bits per heavy atom. The molecule has 1 aromatic carbocycles. The summed E-state index contributed by atoms with van der Waals surface area (Å²) < 4.78 is 26.4. The molecule has 0 spiro atoms. The van der Waals surface area contributed by atoms with E-state index >= 15 is 0 Å². The van der Waals surface area contributed by atoms with Gasteiger partial charge in [0.15, 0.2) is 11.6 Å². The van der Waals surface area contributed by atoms with E-state index < -0.39 is 17.5 Å². The number of rotatable bonds is 3. The van der Waals surface area contributed by atoms with Gasteiger partial charge < -0.3 is 10.7 Å². The number of nitrogens with one attached hydrogen (secondary N) is 1. The van der Waals surface area contributed by atoms with E-state index in [0.29, 0.717) is 11.2 Å². The van der Waals surface area contributed by atoms with Crippen molar-refractivity contribution in [3.8, 4) is 0 Å². The number of hydrogen-bond donors (Lipinski definition) is 2. The molecule has 3 N–H and O–H groups in total. The van der Waals surface area contributed by atoms with Gasteiger partial charge in [0.1, 0.15) is 5.65 Å². The zero-order valence-corrected chi connectivity index (χ0v) is 11.3. The van der Waals surface area contributed by atoms with Crippen LogP contribution in [0.25, 0.3) is 22.7 Å². The number of pyridine rings is 1. The van der Waals surface area contributed by atoms with E-state index in [1.807, 2.05) is 6.07 Å². The van der Waals surface area contributed by atoms with Crippen LogP contribution in [0.5, 0.6) is 0 Å². The second-order valence-corrected chi connectivity index (χ2v) is 4.69. The number of hydrogen-bond acceptors (Lipinski definition) is 2. The first-order chi connectivity index (χ1) is 10.6. The number of fused-ring (bicyclic) bond motifs is 1. The van der Waals surface area contributed by atoms with Crippen LogP contribution in [-0.4, -0.2) is 15.9 Å². The van der Waals surface area contributed by atoms with Crippen molar-refractivity contribution in [2.75, 3.05) is 0 Å². The molecule has 0 unspecified atom stereocenters. The Morgan fingerprint density at radius 1 is 1.23 bits per heavy atom. The van der Waals surface area contributed by atoms with Crippen molar-refractivity contribution >= 4 is 28.6 Å².